The Labute approximate surface area is 198 Å². The largest absolute Gasteiger partial charge is 0.493 e. The summed E-state index contributed by atoms with van der Waals surface area (Å²) in [5.41, 5.74) is 6.22. The molecule has 0 saturated carbocycles. The fraction of sp³-hybridized carbons (Fsp3) is 0.462. The number of ether oxygens (including phenoxy) is 4. The summed E-state index contributed by atoms with van der Waals surface area (Å²) in [7, 11) is 1.72. The van der Waals surface area contributed by atoms with Gasteiger partial charge in [0.2, 0.25) is 6.79 Å². The molecule has 2 aromatic rings. The van der Waals surface area contributed by atoms with E-state index in [4.69, 9.17) is 18.9 Å². The van der Waals surface area contributed by atoms with Crippen molar-refractivity contribution in [1.82, 2.24) is 4.90 Å². The number of hydrogen-bond donors (Lipinski definition) is 0. The Morgan fingerprint density at radius 1 is 1.09 bits per heavy atom. The first-order chi connectivity index (χ1) is 15.7. The molecule has 32 heavy (non-hydrogen) atoms. The van der Waals surface area contributed by atoms with Crippen molar-refractivity contribution in [3.05, 3.63) is 46.5 Å². The van der Waals surface area contributed by atoms with Gasteiger partial charge < -0.3 is 23.8 Å². The fourth-order valence-electron chi connectivity index (χ4n) is 5.00. The molecule has 0 spiro atoms. The van der Waals surface area contributed by atoms with Crippen molar-refractivity contribution in [3.8, 4) is 23.0 Å². The minimum Gasteiger partial charge on any atom is -0.493 e. The quantitative estimate of drug-likeness (QED) is 0.320. The van der Waals surface area contributed by atoms with E-state index >= 15 is 0 Å². The van der Waals surface area contributed by atoms with Gasteiger partial charge in [-0.1, -0.05) is 34.8 Å². The Morgan fingerprint density at radius 3 is 2.72 bits per heavy atom. The predicted octanol–water partition coefficient (Wildman–Crippen LogP) is 6.19. The lowest BCUT2D eigenvalue weighted by atomic mass is 9.86. The van der Waals surface area contributed by atoms with Gasteiger partial charge in [-0.2, -0.15) is 0 Å². The summed E-state index contributed by atoms with van der Waals surface area (Å²) < 4.78 is 23.3. The van der Waals surface area contributed by atoms with Crippen molar-refractivity contribution in [2.24, 2.45) is 0 Å². The number of nitrogens with zero attached hydrogens (tertiary/aromatic N) is 1. The highest BCUT2D eigenvalue weighted by Crippen LogP contribution is 2.49. The average Bonchev–Trinajstić information content (AvgIpc) is 3.27. The van der Waals surface area contributed by atoms with E-state index in [9.17, 15) is 0 Å². The van der Waals surface area contributed by atoms with E-state index in [0.717, 1.165) is 47.7 Å². The number of unbranched alkanes of at least 4 members (excludes halogenated alkanes) is 3. The summed E-state index contributed by atoms with van der Waals surface area (Å²) in [6, 6.07) is 8.66. The number of hydrogen-bond acceptors (Lipinski definition) is 5. The number of alkyl halides is 1. The zero-order chi connectivity index (χ0) is 22.1. The molecular weight excluding hydrogens is 470 g/mol. The molecule has 0 radical (unpaired) electrons. The van der Waals surface area contributed by atoms with Crippen molar-refractivity contribution in [1.29, 1.82) is 0 Å². The zero-order valence-corrected chi connectivity index (χ0v) is 20.4. The summed E-state index contributed by atoms with van der Waals surface area (Å²) >= 11 is 3.50. The zero-order valence-electron chi connectivity index (χ0n) is 18.8. The van der Waals surface area contributed by atoms with Crippen LogP contribution >= 0.6 is 15.9 Å². The lowest BCUT2D eigenvalue weighted by molar-refractivity contribution is 0.174. The van der Waals surface area contributed by atoms with Gasteiger partial charge in [0, 0.05) is 28.7 Å². The number of fused-ring (bicyclic) bond motifs is 5. The van der Waals surface area contributed by atoms with E-state index in [1.54, 1.807) is 7.11 Å². The van der Waals surface area contributed by atoms with E-state index in [0.29, 0.717) is 13.4 Å². The minimum atomic E-state index is 0.196. The summed E-state index contributed by atoms with van der Waals surface area (Å²) in [6.45, 7) is 4.25. The molecule has 3 aliphatic heterocycles. The molecule has 3 heterocycles. The molecule has 2 aromatic carbocycles. The first-order valence-corrected chi connectivity index (χ1v) is 12.6. The normalized spacial score (nSPS) is 17.9. The molecule has 0 bridgehead atoms. The van der Waals surface area contributed by atoms with Crippen LogP contribution in [0.25, 0.3) is 11.8 Å². The van der Waals surface area contributed by atoms with Crippen LogP contribution in [-0.2, 0) is 6.42 Å². The Morgan fingerprint density at radius 2 is 1.91 bits per heavy atom. The minimum absolute atomic E-state index is 0.196. The Balaban J connectivity index is 1.47. The summed E-state index contributed by atoms with van der Waals surface area (Å²) in [5.74, 6) is 3.40. The van der Waals surface area contributed by atoms with Crippen LogP contribution in [-0.4, -0.2) is 37.3 Å². The summed E-state index contributed by atoms with van der Waals surface area (Å²) in [5, 5.41) is 1.07. The third-order valence-electron chi connectivity index (χ3n) is 6.67. The van der Waals surface area contributed by atoms with E-state index in [2.05, 4.69) is 52.0 Å². The van der Waals surface area contributed by atoms with Crippen LogP contribution in [0.2, 0.25) is 0 Å². The van der Waals surface area contributed by atoms with E-state index in [1.165, 1.54) is 47.2 Å². The molecule has 5 nitrogen and oxygen atoms in total. The maximum absolute atomic E-state index is 6.36. The molecule has 5 rings (SSSR count). The first kappa shape index (κ1) is 21.5. The van der Waals surface area contributed by atoms with Crippen molar-refractivity contribution >= 4 is 27.7 Å². The van der Waals surface area contributed by atoms with Crippen molar-refractivity contribution in [2.75, 3.05) is 32.4 Å². The molecule has 0 saturated heterocycles. The van der Waals surface area contributed by atoms with Gasteiger partial charge in [-0.05, 0) is 61.6 Å². The maximum Gasteiger partial charge on any atom is 0.231 e. The predicted molar refractivity (Wildman–Crippen MR) is 130 cm³/mol. The molecular formula is C26H30BrNO4. The van der Waals surface area contributed by atoms with Gasteiger partial charge in [0.05, 0.1) is 19.8 Å². The lowest BCUT2D eigenvalue weighted by Gasteiger charge is -2.42. The highest BCUT2D eigenvalue weighted by molar-refractivity contribution is 9.09. The molecule has 0 N–H and O–H groups in total. The third-order valence-corrected chi connectivity index (χ3v) is 7.23. The topological polar surface area (TPSA) is 40.2 Å². The van der Waals surface area contributed by atoms with E-state index in [1.807, 2.05) is 6.07 Å². The number of halogens is 1. The van der Waals surface area contributed by atoms with Crippen LogP contribution < -0.4 is 18.9 Å². The third kappa shape index (κ3) is 3.83. The molecule has 0 aromatic heterocycles. The second-order valence-electron chi connectivity index (χ2n) is 8.56. The average molecular weight is 500 g/mol. The van der Waals surface area contributed by atoms with Crippen molar-refractivity contribution < 1.29 is 18.9 Å². The second kappa shape index (κ2) is 9.26. The molecule has 1 atom stereocenters. The van der Waals surface area contributed by atoms with Crippen LogP contribution in [0.1, 0.15) is 60.9 Å². The van der Waals surface area contributed by atoms with Crippen molar-refractivity contribution in [2.45, 2.75) is 45.1 Å². The van der Waals surface area contributed by atoms with E-state index in [-0.39, 0.29) is 6.04 Å². The number of benzene rings is 2. The molecule has 0 amide bonds. The van der Waals surface area contributed by atoms with Crippen LogP contribution in [0.15, 0.2) is 24.3 Å². The van der Waals surface area contributed by atoms with Crippen LogP contribution in [0.3, 0.4) is 0 Å². The monoisotopic (exact) mass is 499 g/mol. The number of rotatable bonds is 8. The van der Waals surface area contributed by atoms with E-state index < -0.39 is 0 Å². The molecule has 170 valence electrons. The summed E-state index contributed by atoms with van der Waals surface area (Å²) in [6.07, 6.45) is 7.95. The molecule has 0 aliphatic carbocycles. The van der Waals surface area contributed by atoms with Gasteiger partial charge in [0.25, 0.3) is 0 Å². The Hall–Kier alpha value is -2.34. The van der Waals surface area contributed by atoms with Gasteiger partial charge in [0.1, 0.15) is 0 Å². The van der Waals surface area contributed by atoms with Gasteiger partial charge in [-0.3, -0.25) is 0 Å². The SMILES string of the molecule is COc1ccc2c(c1OCCCCCCBr)C(C)N1CCc3cc4c(cc3C1=C2)OCO4. The Kier molecular flexibility index (Phi) is 6.22. The van der Waals surface area contributed by atoms with Gasteiger partial charge in [-0.15, -0.1) is 0 Å². The maximum atomic E-state index is 6.36. The van der Waals surface area contributed by atoms with Gasteiger partial charge in [-0.25, -0.2) is 0 Å². The van der Waals surface area contributed by atoms with Crippen LogP contribution in [0.4, 0.5) is 0 Å². The smallest absolute Gasteiger partial charge is 0.231 e. The standard InChI is InChI=1S/C26H30BrNO4/c1-17-25-19(7-8-22(29-2)26(25)30-12-6-4-3-5-10-27)13-21-20-15-24-23(31-16-32-24)14-18(20)9-11-28(17)21/h7-8,13-15,17H,3-6,9-12,16H2,1-2H3. The summed E-state index contributed by atoms with van der Waals surface area (Å²) in [4.78, 5) is 2.48. The molecule has 3 aliphatic rings. The Bertz CT molecular complexity index is 1030. The molecule has 6 heteroatoms. The lowest BCUT2D eigenvalue weighted by Crippen LogP contribution is -2.34. The number of methoxy groups -OCH3 is 1. The highest BCUT2D eigenvalue weighted by Gasteiger charge is 2.34. The highest BCUT2D eigenvalue weighted by atomic mass is 79.9. The molecule has 0 fully saturated rings. The van der Waals surface area contributed by atoms with Gasteiger partial charge in [0.15, 0.2) is 23.0 Å². The molecule has 1 unspecified atom stereocenters. The second-order valence-corrected chi connectivity index (χ2v) is 9.36. The van der Waals surface area contributed by atoms with Crippen LogP contribution in [0, 0.1) is 0 Å². The van der Waals surface area contributed by atoms with Gasteiger partial charge >= 0.3 is 0 Å². The first-order valence-electron chi connectivity index (χ1n) is 11.5. The van der Waals surface area contributed by atoms with Crippen LogP contribution in [0.5, 0.6) is 23.0 Å². The van der Waals surface area contributed by atoms with Crippen molar-refractivity contribution in [3.63, 3.8) is 0 Å². The fourth-order valence-corrected chi connectivity index (χ4v) is 5.39.